The summed E-state index contributed by atoms with van der Waals surface area (Å²) in [7, 11) is 0. The molecule has 0 saturated heterocycles. The first-order valence-electron chi connectivity index (χ1n) is 7.59. The zero-order chi connectivity index (χ0) is 14.9. The van der Waals surface area contributed by atoms with Crippen LogP contribution in [0.2, 0.25) is 0 Å². The predicted molar refractivity (Wildman–Crippen MR) is 85.3 cm³/mol. The molecule has 3 rings (SSSR count). The van der Waals surface area contributed by atoms with Crippen molar-refractivity contribution in [2.24, 2.45) is 0 Å². The molecule has 0 radical (unpaired) electrons. The molecular formula is C17H21FN2S. The third kappa shape index (κ3) is 3.01. The molecule has 1 aliphatic carbocycles. The van der Waals surface area contributed by atoms with Crippen molar-refractivity contribution >= 4 is 11.3 Å². The number of nitrogens with zero attached hydrogens (tertiary/aromatic N) is 1. The fourth-order valence-electron chi connectivity index (χ4n) is 3.04. The summed E-state index contributed by atoms with van der Waals surface area (Å²) in [4.78, 5) is 6.33. The highest BCUT2D eigenvalue weighted by molar-refractivity contribution is 7.12. The Morgan fingerprint density at radius 2 is 2.05 bits per heavy atom. The number of halogens is 1. The highest BCUT2D eigenvalue weighted by atomic mass is 32.1. The molecule has 1 unspecified atom stereocenters. The number of rotatable bonds is 5. The smallest absolute Gasteiger partial charge is 0.123 e. The lowest BCUT2D eigenvalue weighted by molar-refractivity contribution is 0.370. The maximum atomic E-state index is 13.1. The monoisotopic (exact) mass is 304 g/mol. The van der Waals surface area contributed by atoms with Gasteiger partial charge in [-0.3, -0.25) is 0 Å². The Balaban J connectivity index is 1.88. The molecule has 0 bridgehead atoms. The van der Waals surface area contributed by atoms with Crippen molar-refractivity contribution in [2.75, 3.05) is 6.54 Å². The van der Waals surface area contributed by atoms with E-state index >= 15 is 0 Å². The molecule has 1 aliphatic rings. The minimum absolute atomic E-state index is 0.179. The van der Waals surface area contributed by atoms with Gasteiger partial charge in [0.2, 0.25) is 0 Å². The molecule has 1 aromatic heterocycles. The topological polar surface area (TPSA) is 24.9 Å². The second kappa shape index (κ2) is 5.85. The predicted octanol–water partition coefficient (Wildman–Crippen LogP) is 3.84. The molecule has 1 atom stereocenters. The van der Waals surface area contributed by atoms with Gasteiger partial charge in [-0.25, -0.2) is 9.37 Å². The number of fused-ring (bicyclic) bond motifs is 1. The van der Waals surface area contributed by atoms with Crippen LogP contribution in [-0.4, -0.2) is 11.5 Å². The summed E-state index contributed by atoms with van der Waals surface area (Å²) >= 11 is 1.84. The summed E-state index contributed by atoms with van der Waals surface area (Å²) < 4.78 is 13.1. The van der Waals surface area contributed by atoms with Gasteiger partial charge < -0.3 is 5.32 Å². The highest BCUT2D eigenvalue weighted by Gasteiger charge is 2.31. The molecule has 1 N–H and O–H groups in total. The molecule has 21 heavy (non-hydrogen) atoms. The van der Waals surface area contributed by atoms with E-state index in [0.717, 1.165) is 24.9 Å². The van der Waals surface area contributed by atoms with Gasteiger partial charge in [0.25, 0.3) is 0 Å². The zero-order valence-corrected chi connectivity index (χ0v) is 13.4. The van der Waals surface area contributed by atoms with E-state index in [9.17, 15) is 4.39 Å². The molecule has 2 aromatic rings. The van der Waals surface area contributed by atoms with Gasteiger partial charge in [-0.15, -0.1) is 11.3 Å². The van der Waals surface area contributed by atoms with Gasteiger partial charge in [-0.1, -0.05) is 19.1 Å². The van der Waals surface area contributed by atoms with Crippen molar-refractivity contribution in [1.29, 1.82) is 0 Å². The number of hydrogen-bond acceptors (Lipinski definition) is 3. The number of aryl methyl sites for hydroxylation is 2. The first-order valence-corrected chi connectivity index (χ1v) is 8.41. The van der Waals surface area contributed by atoms with Crippen molar-refractivity contribution in [3.63, 3.8) is 0 Å². The SMILES string of the molecule is CCNC(C)(Cc1ccc(F)cc1)c1nc2c(s1)CCC2. The van der Waals surface area contributed by atoms with E-state index in [-0.39, 0.29) is 11.4 Å². The first kappa shape index (κ1) is 14.7. The molecule has 0 aliphatic heterocycles. The standard InChI is InChI=1S/C17H21FN2S/c1-3-19-17(2,11-12-7-9-13(18)10-8-12)16-20-14-5-4-6-15(14)21-16/h7-10,19H,3-6,11H2,1-2H3. The molecule has 2 nitrogen and oxygen atoms in total. The number of nitrogens with one attached hydrogen (secondary N) is 1. The molecule has 1 heterocycles. The molecule has 112 valence electrons. The number of hydrogen-bond donors (Lipinski definition) is 1. The highest BCUT2D eigenvalue weighted by Crippen LogP contribution is 2.35. The minimum Gasteiger partial charge on any atom is -0.306 e. The fourth-order valence-corrected chi connectivity index (χ4v) is 4.31. The maximum Gasteiger partial charge on any atom is 0.123 e. The minimum atomic E-state index is -0.183. The van der Waals surface area contributed by atoms with Gasteiger partial charge >= 0.3 is 0 Å². The molecule has 0 spiro atoms. The number of likely N-dealkylation sites (N-methyl/N-ethyl adjacent to an activating group) is 1. The van der Waals surface area contributed by atoms with Gasteiger partial charge in [-0.05, 0) is 56.8 Å². The lowest BCUT2D eigenvalue weighted by Crippen LogP contribution is -2.41. The fraction of sp³-hybridized carbons (Fsp3) is 0.471. The van der Waals surface area contributed by atoms with Gasteiger partial charge in [0.15, 0.2) is 0 Å². The zero-order valence-electron chi connectivity index (χ0n) is 12.6. The van der Waals surface area contributed by atoms with E-state index in [1.165, 1.54) is 40.6 Å². The Kier molecular flexibility index (Phi) is 4.09. The summed E-state index contributed by atoms with van der Waals surface area (Å²) in [6.07, 6.45) is 4.36. The average molecular weight is 304 g/mol. The third-order valence-electron chi connectivity index (χ3n) is 4.11. The lowest BCUT2D eigenvalue weighted by Gasteiger charge is -2.29. The molecule has 0 fully saturated rings. The molecule has 0 saturated carbocycles. The maximum absolute atomic E-state index is 13.1. The Hall–Kier alpha value is -1.26. The summed E-state index contributed by atoms with van der Waals surface area (Å²) in [5.41, 5.74) is 2.25. The molecule has 1 aromatic carbocycles. The summed E-state index contributed by atoms with van der Waals surface area (Å²) in [5, 5.41) is 4.75. The van der Waals surface area contributed by atoms with Gasteiger partial charge in [0.1, 0.15) is 10.8 Å². The average Bonchev–Trinajstić information content (AvgIpc) is 3.03. The lowest BCUT2D eigenvalue weighted by atomic mass is 9.93. The normalized spacial score (nSPS) is 16.7. The van der Waals surface area contributed by atoms with Crippen LogP contribution in [0, 0.1) is 5.82 Å². The van der Waals surface area contributed by atoms with Crippen molar-refractivity contribution in [2.45, 2.75) is 45.1 Å². The van der Waals surface area contributed by atoms with Crippen LogP contribution in [0.15, 0.2) is 24.3 Å². The van der Waals surface area contributed by atoms with Gasteiger partial charge in [0, 0.05) is 4.88 Å². The second-order valence-corrected chi connectivity index (χ2v) is 6.99. The molecule has 4 heteroatoms. The Labute approximate surface area is 129 Å². The van der Waals surface area contributed by atoms with Gasteiger partial charge in [-0.2, -0.15) is 0 Å². The summed E-state index contributed by atoms with van der Waals surface area (Å²) in [6.45, 7) is 5.21. The Bertz CT molecular complexity index is 599. The summed E-state index contributed by atoms with van der Waals surface area (Å²) in [6, 6.07) is 6.80. The number of thiazole rings is 1. The van der Waals surface area contributed by atoms with Crippen LogP contribution in [0.1, 0.15) is 41.4 Å². The molecular weight excluding hydrogens is 283 g/mol. The van der Waals surface area contributed by atoms with Crippen LogP contribution < -0.4 is 5.32 Å². The quantitative estimate of drug-likeness (QED) is 0.908. The Morgan fingerprint density at radius 3 is 2.71 bits per heavy atom. The van der Waals surface area contributed by atoms with Gasteiger partial charge in [0.05, 0.1) is 11.2 Å². The first-order chi connectivity index (χ1) is 10.1. The Morgan fingerprint density at radius 1 is 1.29 bits per heavy atom. The van der Waals surface area contributed by atoms with Crippen LogP contribution in [0.5, 0.6) is 0 Å². The van der Waals surface area contributed by atoms with E-state index < -0.39 is 0 Å². The van der Waals surface area contributed by atoms with Crippen molar-refractivity contribution in [3.05, 3.63) is 51.2 Å². The van der Waals surface area contributed by atoms with E-state index in [1.54, 1.807) is 0 Å². The van der Waals surface area contributed by atoms with Crippen LogP contribution >= 0.6 is 11.3 Å². The van der Waals surface area contributed by atoms with E-state index in [2.05, 4.69) is 19.2 Å². The summed E-state index contributed by atoms with van der Waals surface area (Å²) in [5.74, 6) is -0.183. The van der Waals surface area contributed by atoms with E-state index in [4.69, 9.17) is 4.98 Å². The number of benzene rings is 1. The van der Waals surface area contributed by atoms with Crippen LogP contribution in [0.3, 0.4) is 0 Å². The van der Waals surface area contributed by atoms with E-state index in [0.29, 0.717) is 0 Å². The van der Waals surface area contributed by atoms with E-state index in [1.807, 2.05) is 23.5 Å². The number of aromatic nitrogens is 1. The van der Waals surface area contributed by atoms with Crippen molar-refractivity contribution < 1.29 is 4.39 Å². The van der Waals surface area contributed by atoms with Crippen molar-refractivity contribution in [1.82, 2.24) is 10.3 Å². The van der Waals surface area contributed by atoms with Crippen LogP contribution in [0.25, 0.3) is 0 Å². The van der Waals surface area contributed by atoms with Crippen LogP contribution in [0.4, 0.5) is 4.39 Å². The van der Waals surface area contributed by atoms with Crippen molar-refractivity contribution in [3.8, 4) is 0 Å². The second-order valence-electron chi connectivity index (χ2n) is 5.91. The van der Waals surface area contributed by atoms with Crippen LogP contribution in [-0.2, 0) is 24.8 Å². The molecule has 0 amide bonds. The third-order valence-corrected chi connectivity index (χ3v) is 5.53. The largest absolute Gasteiger partial charge is 0.306 e.